The Hall–Kier alpha value is -2.16. The van der Waals surface area contributed by atoms with Crippen LogP contribution >= 0.6 is 23.1 Å². The number of rotatable bonds is 4. The Morgan fingerprint density at radius 2 is 1.97 bits per heavy atom. The fraction of sp³-hybridized carbons (Fsp3) is 0.409. The van der Waals surface area contributed by atoms with Crippen LogP contribution in [0.1, 0.15) is 18.1 Å². The quantitative estimate of drug-likeness (QED) is 0.455. The van der Waals surface area contributed by atoms with E-state index in [-0.39, 0.29) is 16.7 Å². The standard InChI is InChI=1S/C22H25N3O3S2/c1-13-5-6-16(11-14(13)2)17-12-29-19-18(17)21(27)24(4)22(23-19)30-15(3)20(26)25-7-9-28-10-8-25/h5-6,11-12,15H,7-10H2,1-4H3. The van der Waals surface area contributed by atoms with Crippen LogP contribution < -0.4 is 5.56 Å². The number of nitrogens with zero attached hydrogens (tertiary/aromatic N) is 3. The number of aromatic nitrogens is 2. The first-order valence-electron chi connectivity index (χ1n) is 9.96. The number of morpholine rings is 1. The van der Waals surface area contributed by atoms with E-state index in [1.165, 1.54) is 34.2 Å². The predicted molar refractivity (Wildman–Crippen MR) is 122 cm³/mol. The maximum Gasteiger partial charge on any atom is 0.263 e. The maximum absolute atomic E-state index is 13.2. The third-order valence-electron chi connectivity index (χ3n) is 5.54. The van der Waals surface area contributed by atoms with Crippen molar-refractivity contribution in [3.63, 3.8) is 0 Å². The number of amides is 1. The highest BCUT2D eigenvalue weighted by atomic mass is 32.2. The number of thioether (sulfide) groups is 1. The van der Waals surface area contributed by atoms with Crippen molar-refractivity contribution in [1.29, 1.82) is 0 Å². The normalized spacial score (nSPS) is 15.5. The van der Waals surface area contributed by atoms with Gasteiger partial charge >= 0.3 is 0 Å². The molecule has 0 aliphatic carbocycles. The predicted octanol–water partition coefficient (Wildman–Crippen LogP) is 3.62. The van der Waals surface area contributed by atoms with E-state index in [2.05, 4.69) is 32.0 Å². The highest BCUT2D eigenvalue weighted by Gasteiger charge is 2.25. The molecule has 0 saturated carbocycles. The lowest BCUT2D eigenvalue weighted by atomic mass is 10.0. The molecule has 3 aromatic rings. The molecule has 1 aromatic carbocycles. The molecule has 1 aliphatic heterocycles. The third-order valence-corrected chi connectivity index (χ3v) is 7.55. The maximum atomic E-state index is 13.2. The molecule has 1 atom stereocenters. The molecule has 6 nitrogen and oxygen atoms in total. The highest BCUT2D eigenvalue weighted by Crippen LogP contribution is 2.33. The largest absolute Gasteiger partial charge is 0.378 e. The first-order valence-corrected chi connectivity index (χ1v) is 11.7. The summed E-state index contributed by atoms with van der Waals surface area (Å²) in [7, 11) is 1.73. The lowest BCUT2D eigenvalue weighted by Crippen LogP contribution is -2.44. The van der Waals surface area contributed by atoms with Gasteiger partial charge in [0.2, 0.25) is 5.91 Å². The molecule has 4 rings (SSSR count). The van der Waals surface area contributed by atoms with E-state index in [0.717, 1.165) is 11.1 Å². The number of hydrogen-bond donors (Lipinski definition) is 0. The first kappa shape index (κ1) is 21.1. The summed E-state index contributed by atoms with van der Waals surface area (Å²) in [6, 6.07) is 6.24. The molecular formula is C22H25N3O3S2. The molecule has 0 radical (unpaired) electrons. The van der Waals surface area contributed by atoms with Crippen LogP contribution in [-0.4, -0.2) is 51.9 Å². The van der Waals surface area contributed by atoms with Gasteiger partial charge in [0.25, 0.3) is 5.56 Å². The lowest BCUT2D eigenvalue weighted by molar-refractivity contribution is -0.134. The van der Waals surface area contributed by atoms with Crippen LogP contribution in [-0.2, 0) is 16.6 Å². The van der Waals surface area contributed by atoms with E-state index < -0.39 is 0 Å². The molecule has 8 heteroatoms. The molecule has 1 fully saturated rings. The minimum Gasteiger partial charge on any atom is -0.378 e. The number of thiophene rings is 1. The zero-order valence-corrected chi connectivity index (χ0v) is 19.2. The summed E-state index contributed by atoms with van der Waals surface area (Å²) in [5.41, 5.74) is 4.28. The van der Waals surface area contributed by atoms with Gasteiger partial charge in [-0.2, -0.15) is 0 Å². The van der Waals surface area contributed by atoms with Crippen LogP contribution in [0.4, 0.5) is 0 Å². The second-order valence-corrected chi connectivity index (χ2v) is 9.75. The van der Waals surface area contributed by atoms with E-state index in [1.54, 1.807) is 11.6 Å². The summed E-state index contributed by atoms with van der Waals surface area (Å²) in [4.78, 5) is 33.2. The highest BCUT2D eigenvalue weighted by molar-refractivity contribution is 8.00. The fourth-order valence-electron chi connectivity index (χ4n) is 3.53. The fourth-order valence-corrected chi connectivity index (χ4v) is 5.48. The molecule has 0 bridgehead atoms. The van der Waals surface area contributed by atoms with Gasteiger partial charge in [0, 0.05) is 31.1 Å². The van der Waals surface area contributed by atoms with Gasteiger partial charge in [-0.3, -0.25) is 14.2 Å². The minimum absolute atomic E-state index is 0.0552. The average Bonchev–Trinajstić information content (AvgIpc) is 3.17. The number of aryl methyl sites for hydroxylation is 2. The monoisotopic (exact) mass is 443 g/mol. The Kier molecular flexibility index (Phi) is 5.99. The van der Waals surface area contributed by atoms with Crippen molar-refractivity contribution in [2.45, 2.75) is 31.2 Å². The summed E-state index contributed by atoms with van der Waals surface area (Å²) in [5.74, 6) is 0.0552. The van der Waals surface area contributed by atoms with Gasteiger partial charge in [-0.05, 0) is 37.5 Å². The van der Waals surface area contributed by atoms with E-state index >= 15 is 0 Å². The topological polar surface area (TPSA) is 64.4 Å². The van der Waals surface area contributed by atoms with Gasteiger partial charge in [0.05, 0.1) is 23.8 Å². The molecule has 1 amide bonds. The minimum atomic E-state index is -0.321. The lowest BCUT2D eigenvalue weighted by Gasteiger charge is -2.29. The molecule has 2 aromatic heterocycles. The van der Waals surface area contributed by atoms with Crippen LogP contribution in [0.5, 0.6) is 0 Å². The summed E-state index contributed by atoms with van der Waals surface area (Å²) < 4.78 is 6.89. The van der Waals surface area contributed by atoms with E-state index in [1.807, 2.05) is 17.2 Å². The Bertz CT molecular complexity index is 1160. The van der Waals surface area contributed by atoms with E-state index in [4.69, 9.17) is 9.72 Å². The van der Waals surface area contributed by atoms with Crippen LogP contribution in [0.3, 0.4) is 0 Å². The number of fused-ring (bicyclic) bond motifs is 1. The SMILES string of the molecule is Cc1ccc(-c2csc3nc(SC(C)C(=O)N4CCOCC4)n(C)c(=O)c23)cc1C. The number of ether oxygens (including phenoxy) is 1. The average molecular weight is 444 g/mol. The van der Waals surface area contributed by atoms with Crippen molar-refractivity contribution in [1.82, 2.24) is 14.5 Å². The van der Waals surface area contributed by atoms with Crippen molar-refractivity contribution < 1.29 is 9.53 Å². The number of benzene rings is 1. The molecule has 1 saturated heterocycles. The van der Waals surface area contributed by atoms with Gasteiger partial charge in [-0.1, -0.05) is 30.0 Å². The van der Waals surface area contributed by atoms with E-state index in [0.29, 0.717) is 41.7 Å². The molecule has 1 unspecified atom stereocenters. The van der Waals surface area contributed by atoms with Gasteiger partial charge in [-0.15, -0.1) is 11.3 Å². The molecule has 30 heavy (non-hydrogen) atoms. The van der Waals surface area contributed by atoms with Gasteiger partial charge in [0.15, 0.2) is 5.16 Å². The molecule has 0 N–H and O–H groups in total. The Labute approximate surface area is 183 Å². The second-order valence-electron chi connectivity index (χ2n) is 7.58. The van der Waals surface area contributed by atoms with Crippen LogP contribution in [0.15, 0.2) is 33.5 Å². The van der Waals surface area contributed by atoms with E-state index in [9.17, 15) is 9.59 Å². The van der Waals surface area contributed by atoms with Gasteiger partial charge in [-0.25, -0.2) is 4.98 Å². The Morgan fingerprint density at radius 1 is 1.23 bits per heavy atom. The summed E-state index contributed by atoms with van der Waals surface area (Å²) in [6.07, 6.45) is 0. The van der Waals surface area contributed by atoms with Crippen LogP contribution in [0, 0.1) is 13.8 Å². The molecule has 3 heterocycles. The zero-order valence-electron chi connectivity index (χ0n) is 17.6. The molecular weight excluding hydrogens is 418 g/mol. The smallest absolute Gasteiger partial charge is 0.263 e. The first-order chi connectivity index (χ1) is 14.4. The van der Waals surface area contributed by atoms with Crippen molar-refractivity contribution in [3.05, 3.63) is 45.1 Å². The van der Waals surface area contributed by atoms with Gasteiger partial charge < -0.3 is 9.64 Å². The molecule has 1 aliphatic rings. The number of carbonyl (C=O) groups excluding carboxylic acids is 1. The van der Waals surface area contributed by atoms with Crippen molar-refractivity contribution in [3.8, 4) is 11.1 Å². The molecule has 158 valence electrons. The summed E-state index contributed by atoms with van der Waals surface area (Å²) in [6.45, 7) is 8.39. The number of hydrogen-bond acceptors (Lipinski definition) is 6. The Balaban J connectivity index is 1.66. The van der Waals surface area contributed by atoms with Crippen LogP contribution in [0.25, 0.3) is 21.3 Å². The van der Waals surface area contributed by atoms with Gasteiger partial charge in [0.1, 0.15) is 4.83 Å². The zero-order chi connectivity index (χ0) is 21.4. The van der Waals surface area contributed by atoms with Crippen molar-refractivity contribution >= 4 is 39.2 Å². The number of carbonyl (C=O) groups is 1. The molecule has 0 spiro atoms. The Morgan fingerprint density at radius 3 is 2.67 bits per heavy atom. The summed E-state index contributed by atoms with van der Waals surface area (Å²) >= 11 is 2.81. The van der Waals surface area contributed by atoms with Crippen LogP contribution in [0.2, 0.25) is 0 Å². The summed E-state index contributed by atoms with van der Waals surface area (Å²) in [5, 5.41) is 2.88. The second kappa shape index (κ2) is 8.53. The van der Waals surface area contributed by atoms with Crippen molar-refractivity contribution in [2.24, 2.45) is 7.05 Å². The third kappa shape index (κ3) is 3.91. The van der Waals surface area contributed by atoms with Crippen molar-refractivity contribution in [2.75, 3.05) is 26.3 Å².